The number of ether oxygens (including phenoxy) is 1. The van der Waals surface area contributed by atoms with Crippen molar-refractivity contribution in [2.75, 3.05) is 26.2 Å². The van der Waals surface area contributed by atoms with Gasteiger partial charge < -0.3 is 25.6 Å². The van der Waals surface area contributed by atoms with Gasteiger partial charge in [0, 0.05) is 29.7 Å². The average Bonchev–Trinajstić information content (AvgIpc) is 3.00. The van der Waals surface area contributed by atoms with Gasteiger partial charge in [-0.15, -0.1) is 0 Å². The SMILES string of the molecule is CC(c1cccc(-c2ccccc2C(=O)NCCNC(=O)OC(C)(C)C)c1)N(C(=O)Cc1ccc(Cl)cc1)C1CCNCC1. The van der Waals surface area contributed by atoms with Crippen molar-refractivity contribution in [2.24, 2.45) is 0 Å². The fraction of sp³-hybridized carbons (Fsp3) is 0.400. The number of halogens is 1. The summed E-state index contributed by atoms with van der Waals surface area (Å²) < 4.78 is 5.25. The highest BCUT2D eigenvalue weighted by atomic mass is 35.5. The van der Waals surface area contributed by atoms with E-state index in [0.717, 1.165) is 48.2 Å². The molecule has 1 aliphatic rings. The first-order valence-electron chi connectivity index (χ1n) is 15.2. The predicted molar refractivity (Wildman–Crippen MR) is 175 cm³/mol. The molecule has 1 atom stereocenters. The summed E-state index contributed by atoms with van der Waals surface area (Å²) in [7, 11) is 0. The molecule has 44 heavy (non-hydrogen) atoms. The summed E-state index contributed by atoms with van der Waals surface area (Å²) in [5, 5.41) is 9.60. The van der Waals surface area contributed by atoms with E-state index in [2.05, 4.69) is 28.9 Å². The van der Waals surface area contributed by atoms with Gasteiger partial charge in [0.15, 0.2) is 0 Å². The number of alkyl carbamates (subject to hydrolysis) is 1. The molecule has 1 unspecified atom stereocenters. The van der Waals surface area contributed by atoms with E-state index in [1.54, 1.807) is 26.8 Å². The van der Waals surface area contributed by atoms with Crippen molar-refractivity contribution in [1.29, 1.82) is 0 Å². The molecule has 9 heteroatoms. The Morgan fingerprint density at radius 2 is 1.64 bits per heavy atom. The van der Waals surface area contributed by atoms with Crippen LogP contribution in [0.4, 0.5) is 4.79 Å². The number of nitrogens with zero attached hydrogens (tertiary/aromatic N) is 1. The quantitative estimate of drug-likeness (QED) is 0.237. The lowest BCUT2D eigenvalue weighted by Crippen LogP contribution is -2.47. The van der Waals surface area contributed by atoms with Crippen molar-refractivity contribution >= 4 is 29.5 Å². The van der Waals surface area contributed by atoms with Crippen LogP contribution in [0.1, 0.15) is 68.1 Å². The molecule has 3 amide bonds. The zero-order valence-electron chi connectivity index (χ0n) is 26.0. The molecule has 0 radical (unpaired) electrons. The van der Waals surface area contributed by atoms with Crippen molar-refractivity contribution in [3.63, 3.8) is 0 Å². The minimum Gasteiger partial charge on any atom is -0.444 e. The second kappa shape index (κ2) is 15.2. The molecule has 0 spiro atoms. The van der Waals surface area contributed by atoms with Crippen LogP contribution in [0.15, 0.2) is 72.8 Å². The topological polar surface area (TPSA) is 99.8 Å². The van der Waals surface area contributed by atoms with Crippen LogP contribution in [0.2, 0.25) is 5.02 Å². The van der Waals surface area contributed by atoms with Crippen molar-refractivity contribution in [2.45, 2.75) is 64.6 Å². The zero-order valence-corrected chi connectivity index (χ0v) is 26.7. The zero-order chi connectivity index (χ0) is 31.7. The first-order valence-corrected chi connectivity index (χ1v) is 15.6. The van der Waals surface area contributed by atoms with Crippen LogP contribution in [0.5, 0.6) is 0 Å². The lowest BCUT2D eigenvalue weighted by Gasteiger charge is -2.39. The van der Waals surface area contributed by atoms with E-state index in [4.69, 9.17) is 16.3 Å². The third-order valence-corrected chi connectivity index (χ3v) is 7.86. The Balaban J connectivity index is 1.50. The number of hydrogen-bond acceptors (Lipinski definition) is 5. The molecule has 1 fully saturated rings. The van der Waals surface area contributed by atoms with Crippen LogP contribution in [0, 0.1) is 0 Å². The van der Waals surface area contributed by atoms with Gasteiger partial charge in [-0.05, 0) is 100 Å². The highest BCUT2D eigenvalue weighted by Gasteiger charge is 2.30. The number of rotatable bonds is 10. The number of carbonyl (C=O) groups excluding carboxylic acids is 3. The van der Waals surface area contributed by atoms with Gasteiger partial charge >= 0.3 is 6.09 Å². The monoisotopic (exact) mass is 618 g/mol. The lowest BCUT2D eigenvalue weighted by molar-refractivity contribution is -0.136. The largest absolute Gasteiger partial charge is 0.444 e. The molecule has 3 aromatic rings. The minimum absolute atomic E-state index is 0.0805. The minimum atomic E-state index is -0.590. The molecular formula is C35H43ClN4O4. The number of piperidine rings is 1. The lowest BCUT2D eigenvalue weighted by atomic mass is 9.94. The van der Waals surface area contributed by atoms with E-state index in [1.807, 2.05) is 65.6 Å². The van der Waals surface area contributed by atoms with Gasteiger partial charge in [-0.25, -0.2) is 4.79 Å². The maximum absolute atomic E-state index is 13.8. The van der Waals surface area contributed by atoms with Crippen LogP contribution in [0.3, 0.4) is 0 Å². The van der Waals surface area contributed by atoms with Gasteiger partial charge in [0.05, 0.1) is 12.5 Å². The Bertz CT molecular complexity index is 1430. The second-order valence-corrected chi connectivity index (χ2v) is 12.6. The summed E-state index contributed by atoms with van der Waals surface area (Å²) in [6.07, 6.45) is 1.56. The maximum atomic E-state index is 13.8. The van der Waals surface area contributed by atoms with Gasteiger partial charge in [0.2, 0.25) is 5.91 Å². The summed E-state index contributed by atoms with van der Waals surface area (Å²) in [4.78, 5) is 41.0. The Morgan fingerprint density at radius 3 is 2.34 bits per heavy atom. The summed E-state index contributed by atoms with van der Waals surface area (Å²) in [6, 6.07) is 22.9. The molecule has 1 heterocycles. The highest BCUT2D eigenvalue weighted by Crippen LogP contribution is 2.31. The molecule has 1 saturated heterocycles. The third kappa shape index (κ3) is 9.31. The Hall–Kier alpha value is -3.88. The van der Waals surface area contributed by atoms with Crippen LogP contribution in [-0.2, 0) is 16.0 Å². The first kappa shape index (κ1) is 33.0. The van der Waals surface area contributed by atoms with Gasteiger partial charge in [-0.3, -0.25) is 9.59 Å². The molecule has 1 aliphatic heterocycles. The number of amides is 3. The summed E-state index contributed by atoms with van der Waals surface area (Å²) in [6.45, 7) is 9.71. The number of benzene rings is 3. The Kier molecular flexibility index (Phi) is 11.4. The second-order valence-electron chi connectivity index (χ2n) is 12.1. The molecule has 3 N–H and O–H groups in total. The smallest absolute Gasteiger partial charge is 0.407 e. The fourth-order valence-corrected chi connectivity index (χ4v) is 5.62. The van der Waals surface area contributed by atoms with Crippen molar-refractivity contribution in [1.82, 2.24) is 20.9 Å². The number of nitrogens with one attached hydrogen (secondary N) is 3. The highest BCUT2D eigenvalue weighted by molar-refractivity contribution is 6.30. The molecule has 234 valence electrons. The summed E-state index contributed by atoms with van der Waals surface area (Å²) >= 11 is 6.07. The Morgan fingerprint density at radius 1 is 0.955 bits per heavy atom. The van der Waals surface area contributed by atoms with Gasteiger partial charge in [-0.2, -0.15) is 0 Å². The molecule has 4 rings (SSSR count). The van der Waals surface area contributed by atoms with E-state index in [1.165, 1.54) is 0 Å². The third-order valence-electron chi connectivity index (χ3n) is 7.61. The molecule has 0 aliphatic carbocycles. The molecule has 0 saturated carbocycles. The van der Waals surface area contributed by atoms with Gasteiger partial charge in [-0.1, -0.05) is 60.1 Å². The first-order chi connectivity index (χ1) is 21.0. The van der Waals surface area contributed by atoms with Crippen LogP contribution >= 0.6 is 11.6 Å². The van der Waals surface area contributed by atoms with E-state index in [9.17, 15) is 14.4 Å². The van der Waals surface area contributed by atoms with Crippen molar-refractivity contribution in [3.8, 4) is 11.1 Å². The van der Waals surface area contributed by atoms with E-state index in [0.29, 0.717) is 17.0 Å². The summed E-state index contributed by atoms with van der Waals surface area (Å²) in [5.41, 5.74) is 3.56. The average molecular weight is 619 g/mol. The van der Waals surface area contributed by atoms with Gasteiger partial charge in [0.1, 0.15) is 5.60 Å². The molecule has 8 nitrogen and oxygen atoms in total. The standard InChI is InChI=1S/C35H43ClN4O4/c1-24(40(29-16-18-37-19-17-29)32(41)22-25-12-14-28(36)15-13-25)26-8-7-9-27(23-26)30-10-5-6-11-31(30)33(42)38-20-21-39-34(43)44-35(2,3)4/h5-15,23-24,29,37H,16-22H2,1-4H3,(H,38,42)(H,39,43). The van der Waals surface area contributed by atoms with Crippen molar-refractivity contribution < 1.29 is 19.1 Å². The molecule has 0 bridgehead atoms. The molecule has 0 aromatic heterocycles. The van der Waals surface area contributed by atoms with Crippen molar-refractivity contribution in [3.05, 3.63) is 94.5 Å². The summed E-state index contributed by atoms with van der Waals surface area (Å²) in [5.74, 6) is -0.156. The maximum Gasteiger partial charge on any atom is 0.407 e. The van der Waals surface area contributed by atoms with E-state index < -0.39 is 11.7 Å². The van der Waals surface area contributed by atoms with Crippen LogP contribution < -0.4 is 16.0 Å². The predicted octanol–water partition coefficient (Wildman–Crippen LogP) is 6.15. The van der Waals surface area contributed by atoms with Gasteiger partial charge in [0.25, 0.3) is 5.91 Å². The Labute approximate surface area is 265 Å². The van der Waals surface area contributed by atoms with Crippen LogP contribution in [-0.4, -0.2) is 60.6 Å². The molecular weight excluding hydrogens is 576 g/mol. The number of hydrogen-bond donors (Lipinski definition) is 3. The van der Waals surface area contributed by atoms with Crippen LogP contribution in [0.25, 0.3) is 11.1 Å². The number of carbonyl (C=O) groups is 3. The van der Waals surface area contributed by atoms with E-state index in [-0.39, 0.29) is 37.0 Å². The molecule has 3 aromatic carbocycles. The van der Waals surface area contributed by atoms with E-state index >= 15 is 0 Å². The fourth-order valence-electron chi connectivity index (χ4n) is 5.50. The normalized spacial score (nSPS) is 14.4.